The zero-order valence-corrected chi connectivity index (χ0v) is 19.2. The second-order valence-corrected chi connectivity index (χ2v) is 9.75. The second-order valence-electron chi connectivity index (χ2n) is 8.60. The Hall–Kier alpha value is -2.97. The minimum Gasteiger partial charge on any atom is -0.508 e. The van der Waals surface area contributed by atoms with Crippen molar-refractivity contribution in [2.45, 2.75) is 16.2 Å². The number of rotatable bonds is 7. The van der Waals surface area contributed by atoms with Crippen LogP contribution in [0.5, 0.6) is 23.0 Å². The van der Waals surface area contributed by atoms with E-state index in [9.17, 15) is 19.0 Å². The predicted molar refractivity (Wildman–Crippen MR) is 126 cm³/mol. The molecule has 0 radical (unpaired) electrons. The first-order valence-electron chi connectivity index (χ1n) is 11.2. The molecule has 5 nitrogen and oxygen atoms in total. The number of benzene rings is 3. The van der Waals surface area contributed by atoms with Gasteiger partial charge in [0.15, 0.2) is 11.6 Å². The highest BCUT2D eigenvalue weighted by Gasteiger charge is 2.36. The normalized spacial score (nSPS) is 20.3. The Morgan fingerprint density at radius 3 is 2.56 bits per heavy atom. The Balaban J connectivity index is 1.34. The van der Waals surface area contributed by atoms with Crippen LogP contribution in [0.25, 0.3) is 0 Å². The number of halogens is 2. The first-order valence-corrected chi connectivity index (χ1v) is 12.0. The fourth-order valence-electron chi connectivity index (χ4n) is 4.31. The summed E-state index contributed by atoms with van der Waals surface area (Å²) in [6, 6.07) is 17.2. The highest BCUT2D eigenvalue weighted by molar-refractivity contribution is 7.99. The summed E-state index contributed by atoms with van der Waals surface area (Å²) in [7, 11) is 0. The van der Waals surface area contributed by atoms with Crippen LogP contribution in [-0.4, -0.2) is 48.0 Å². The third-order valence-electron chi connectivity index (χ3n) is 6.15. The van der Waals surface area contributed by atoms with Gasteiger partial charge in [0.05, 0.1) is 16.8 Å². The van der Waals surface area contributed by atoms with Crippen molar-refractivity contribution >= 4 is 11.8 Å². The molecule has 3 aromatic carbocycles. The monoisotopic (exact) mass is 485 g/mol. The molecule has 0 aromatic heterocycles. The number of phenols is 2. The maximum Gasteiger partial charge on any atom is 0.182 e. The summed E-state index contributed by atoms with van der Waals surface area (Å²) < 4.78 is 39.3. The highest BCUT2D eigenvalue weighted by Crippen LogP contribution is 2.55. The Morgan fingerprint density at radius 2 is 1.82 bits per heavy atom. The van der Waals surface area contributed by atoms with E-state index >= 15 is 0 Å². The number of phenolic OH excluding ortho intramolecular Hbond substituents is 2. The van der Waals surface area contributed by atoms with Crippen molar-refractivity contribution in [2.75, 3.05) is 32.9 Å². The molecule has 1 saturated heterocycles. The zero-order chi connectivity index (χ0) is 23.7. The van der Waals surface area contributed by atoms with Gasteiger partial charge in [-0.3, -0.25) is 9.29 Å². The summed E-state index contributed by atoms with van der Waals surface area (Å²) in [5.74, 6) is 0.221. The minimum absolute atomic E-state index is 0.114. The van der Waals surface area contributed by atoms with Gasteiger partial charge in [0.25, 0.3) is 0 Å². The maximum absolute atomic E-state index is 14.6. The minimum atomic E-state index is -0.713. The molecule has 8 heteroatoms. The molecule has 0 aliphatic carbocycles. The number of aromatic hydroxyl groups is 2. The molecule has 2 N–H and O–H groups in total. The number of thioether (sulfide) groups is 1. The van der Waals surface area contributed by atoms with Crippen molar-refractivity contribution in [2.24, 2.45) is 5.92 Å². The van der Waals surface area contributed by atoms with E-state index in [0.29, 0.717) is 12.4 Å². The summed E-state index contributed by atoms with van der Waals surface area (Å²) in [4.78, 5) is 2.41. The van der Waals surface area contributed by atoms with Gasteiger partial charge in [-0.2, -0.15) is 0 Å². The summed E-state index contributed by atoms with van der Waals surface area (Å²) in [5.41, 5.74) is 1.66. The summed E-state index contributed by atoms with van der Waals surface area (Å²) in [5, 5.41) is 19.5. The maximum atomic E-state index is 14.6. The van der Waals surface area contributed by atoms with Crippen LogP contribution in [-0.2, 0) is 0 Å². The predicted octanol–water partition coefficient (Wildman–Crippen LogP) is 5.48. The van der Waals surface area contributed by atoms with Crippen LogP contribution in [0, 0.1) is 11.7 Å². The van der Waals surface area contributed by atoms with Crippen molar-refractivity contribution in [3.05, 3.63) is 77.6 Å². The summed E-state index contributed by atoms with van der Waals surface area (Å²) >= 11 is 1.26. The number of likely N-dealkylation sites (tertiary alicyclic amines) is 1. The number of hydrogen-bond donors (Lipinski definition) is 2. The molecule has 0 spiro atoms. The van der Waals surface area contributed by atoms with Crippen molar-refractivity contribution in [3.8, 4) is 23.0 Å². The first-order chi connectivity index (χ1) is 16.5. The topological polar surface area (TPSA) is 62.2 Å². The van der Waals surface area contributed by atoms with Crippen LogP contribution in [0.15, 0.2) is 65.6 Å². The van der Waals surface area contributed by atoms with E-state index in [1.54, 1.807) is 24.3 Å². The number of fused-ring (bicyclic) bond motifs is 1. The van der Waals surface area contributed by atoms with E-state index in [0.717, 1.165) is 36.5 Å². The Labute approximate surface area is 200 Å². The molecule has 0 saturated carbocycles. The lowest BCUT2D eigenvalue weighted by atomic mass is 9.99. The van der Waals surface area contributed by atoms with E-state index in [1.165, 1.54) is 17.8 Å². The number of hydrogen-bond acceptors (Lipinski definition) is 6. The summed E-state index contributed by atoms with van der Waals surface area (Å²) in [6.45, 7) is 2.59. The Bertz CT molecular complexity index is 1150. The number of alkyl halides is 1. The van der Waals surface area contributed by atoms with Crippen molar-refractivity contribution in [3.63, 3.8) is 0 Å². The van der Waals surface area contributed by atoms with Crippen LogP contribution >= 0.6 is 11.8 Å². The molecular weight excluding hydrogens is 460 g/mol. The van der Waals surface area contributed by atoms with Gasteiger partial charge in [0.1, 0.15) is 30.0 Å². The smallest absolute Gasteiger partial charge is 0.182 e. The number of ether oxygens (including phenoxy) is 2. The van der Waals surface area contributed by atoms with E-state index < -0.39 is 17.7 Å². The van der Waals surface area contributed by atoms with Crippen LogP contribution in [0.4, 0.5) is 8.78 Å². The molecule has 3 aromatic rings. The molecule has 0 unspecified atom stereocenters. The van der Waals surface area contributed by atoms with Crippen LogP contribution < -0.4 is 9.47 Å². The molecule has 5 rings (SSSR count). The van der Waals surface area contributed by atoms with Gasteiger partial charge in [-0.05, 0) is 47.5 Å². The molecule has 2 atom stereocenters. The van der Waals surface area contributed by atoms with E-state index in [4.69, 9.17) is 9.47 Å². The first kappa shape index (κ1) is 22.8. The lowest BCUT2D eigenvalue weighted by Gasteiger charge is -2.37. The third-order valence-corrected chi connectivity index (χ3v) is 7.54. The van der Waals surface area contributed by atoms with Crippen LogP contribution in [0.2, 0.25) is 0 Å². The molecule has 34 heavy (non-hydrogen) atoms. The van der Waals surface area contributed by atoms with Crippen molar-refractivity contribution in [1.82, 2.24) is 4.90 Å². The van der Waals surface area contributed by atoms with Crippen molar-refractivity contribution in [1.29, 1.82) is 0 Å². The van der Waals surface area contributed by atoms with Crippen molar-refractivity contribution < 1.29 is 28.5 Å². The van der Waals surface area contributed by atoms with Gasteiger partial charge in [-0.1, -0.05) is 24.3 Å². The van der Waals surface area contributed by atoms with Gasteiger partial charge in [0.2, 0.25) is 0 Å². The molecule has 2 heterocycles. The van der Waals surface area contributed by atoms with E-state index in [-0.39, 0.29) is 28.5 Å². The quantitative estimate of drug-likeness (QED) is 0.462. The lowest BCUT2D eigenvalue weighted by molar-refractivity contribution is 0.0668. The van der Waals surface area contributed by atoms with E-state index in [2.05, 4.69) is 4.90 Å². The molecule has 2 aliphatic rings. The SMILES string of the molecule is Oc1cccc([C@@H]2Sc3c(ccc(O)c3F)O[C@@H]2c2ccc(OCCN3CC(CF)C3)cc2)c1. The lowest BCUT2D eigenvalue weighted by Crippen LogP contribution is -2.49. The molecule has 178 valence electrons. The van der Waals surface area contributed by atoms with Gasteiger partial charge in [0, 0.05) is 25.6 Å². The standard InChI is InChI=1S/C26H25F2NO4S/c27-13-16-14-29(15-16)10-11-32-20-6-4-17(5-7-20)24-25(18-2-1-3-19(30)12-18)34-26-22(33-24)9-8-21(31)23(26)28/h1-9,12,16,24-25,30-31H,10-11,13-15H2/t24-,25+/m1/s1. The molecule has 0 bridgehead atoms. The Morgan fingerprint density at radius 1 is 1.03 bits per heavy atom. The summed E-state index contributed by atoms with van der Waals surface area (Å²) in [6.07, 6.45) is -0.448. The number of nitrogens with zero attached hydrogens (tertiary/aromatic N) is 1. The van der Waals surface area contributed by atoms with E-state index in [1.807, 2.05) is 30.3 Å². The third kappa shape index (κ3) is 4.65. The molecule has 1 fully saturated rings. The average molecular weight is 486 g/mol. The second kappa shape index (κ2) is 9.72. The Kier molecular flexibility index (Phi) is 6.52. The van der Waals surface area contributed by atoms with Crippen LogP contribution in [0.1, 0.15) is 22.5 Å². The molecular formula is C26H25F2NO4S. The average Bonchev–Trinajstić information content (AvgIpc) is 2.83. The zero-order valence-electron chi connectivity index (χ0n) is 18.4. The van der Waals surface area contributed by atoms with Gasteiger partial charge < -0.3 is 19.7 Å². The van der Waals surface area contributed by atoms with Gasteiger partial charge in [-0.25, -0.2) is 4.39 Å². The van der Waals surface area contributed by atoms with Crippen LogP contribution in [0.3, 0.4) is 0 Å². The fourth-order valence-corrected chi connectivity index (χ4v) is 5.62. The van der Waals surface area contributed by atoms with Gasteiger partial charge >= 0.3 is 0 Å². The highest BCUT2D eigenvalue weighted by atomic mass is 32.2. The van der Waals surface area contributed by atoms with Gasteiger partial charge in [-0.15, -0.1) is 11.8 Å². The molecule has 0 amide bonds. The molecule has 2 aliphatic heterocycles. The fraction of sp³-hybridized carbons (Fsp3) is 0.308. The largest absolute Gasteiger partial charge is 0.508 e.